The van der Waals surface area contributed by atoms with Gasteiger partial charge in [0.05, 0.1) is 21.4 Å². The van der Waals surface area contributed by atoms with Crippen LogP contribution in [0, 0.1) is 6.92 Å². The number of carbonyl (C=O) groups excluding carboxylic acids is 1. The number of halogens is 2. The van der Waals surface area contributed by atoms with E-state index >= 15 is 0 Å². The van der Waals surface area contributed by atoms with Crippen LogP contribution < -0.4 is 15.8 Å². The Morgan fingerprint density at radius 3 is 2.67 bits per heavy atom. The number of rotatable bonds is 4. The molecule has 0 aliphatic heterocycles. The Balaban J connectivity index is 1.99. The molecular weight excluding hydrogens is 311 g/mol. The molecule has 0 saturated heterocycles. The fourth-order valence-electron chi connectivity index (χ4n) is 1.71. The van der Waals surface area contributed by atoms with Crippen LogP contribution >= 0.6 is 23.2 Å². The minimum atomic E-state index is -0.332. The minimum Gasteiger partial charge on any atom is -0.483 e. The molecule has 2 rings (SSSR count). The molecule has 110 valence electrons. The molecule has 2 aromatic carbocycles. The van der Waals surface area contributed by atoms with Gasteiger partial charge in [-0.2, -0.15) is 0 Å². The van der Waals surface area contributed by atoms with Gasteiger partial charge in [0.1, 0.15) is 5.75 Å². The number of carbonyl (C=O) groups is 1. The highest BCUT2D eigenvalue weighted by molar-refractivity contribution is 6.37. The van der Waals surface area contributed by atoms with Gasteiger partial charge in [-0.3, -0.25) is 4.79 Å². The van der Waals surface area contributed by atoms with Gasteiger partial charge >= 0.3 is 0 Å². The van der Waals surface area contributed by atoms with Crippen molar-refractivity contribution < 1.29 is 9.53 Å². The first kappa shape index (κ1) is 15.5. The molecule has 0 heterocycles. The van der Waals surface area contributed by atoms with Gasteiger partial charge in [0.2, 0.25) is 0 Å². The van der Waals surface area contributed by atoms with Crippen LogP contribution in [0.4, 0.5) is 11.4 Å². The smallest absolute Gasteiger partial charge is 0.262 e. The van der Waals surface area contributed by atoms with Crippen LogP contribution in [0.3, 0.4) is 0 Å². The van der Waals surface area contributed by atoms with Crippen molar-refractivity contribution in [3.8, 4) is 5.75 Å². The fourth-order valence-corrected chi connectivity index (χ4v) is 2.09. The number of benzene rings is 2. The number of nitrogen functional groups attached to an aromatic ring is 1. The average Bonchev–Trinajstić information content (AvgIpc) is 2.44. The number of nitrogens with one attached hydrogen (secondary N) is 1. The second-order valence-corrected chi connectivity index (χ2v) is 5.27. The minimum absolute atomic E-state index is 0.122. The van der Waals surface area contributed by atoms with Crippen molar-refractivity contribution in [1.82, 2.24) is 0 Å². The molecule has 0 atom stereocenters. The van der Waals surface area contributed by atoms with E-state index in [0.29, 0.717) is 27.2 Å². The average molecular weight is 325 g/mol. The summed E-state index contributed by atoms with van der Waals surface area (Å²) in [7, 11) is 0. The molecule has 3 N–H and O–H groups in total. The zero-order valence-electron chi connectivity index (χ0n) is 11.3. The summed E-state index contributed by atoms with van der Waals surface area (Å²) in [5.74, 6) is 0.329. The van der Waals surface area contributed by atoms with Gasteiger partial charge in [-0.05, 0) is 30.7 Å². The van der Waals surface area contributed by atoms with Crippen LogP contribution in [0.15, 0.2) is 36.4 Å². The van der Waals surface area contributed by atoms with Crippen molar-refractivity contribution in [2.75, 3.05) is 17.7 Å². The van der Waals surface area contributed by atoms with Crippen molar-refractivity contribution in [3.63, 3.8) is 0 Å². The van der Waals surface area contributed by atoms with Crippen LogP contribution in [0.25, 0.3) is 0 Å². The second-order valence-electron chi connectivity index (χ2n) is 4.46. The molecule has 0 aliphatic rings. The first-order valence-corrected chi connectivity index (χ1v) is 6.96. The molecule has 21 heavy (non-hydrogen) atoms. The van der Waals surface area contributed by atoms with E-state index in [1.54, 1.807) is 6.07 Å². The SMILES string of the molecule is Cc1ccccc1OCC(=O)Nc1cc(Cl)c(N)cc1Cl. The van der Waals surface area contributed by atoms with Gasteiger partial charge in [0, 0.05) is 0 Å². The second kappa shape index (κ2) is 6.70. The quantitative estimate of drug-likeness (QED) is 0.838. The Bertz CT molecular complexity index is 675. The summed E-state index contributed by atoms with van der Waals surface area (Å²) in [6, 6.07) is 10.4. The molecule has 0 spiro atoms. The maximum absolute atomic E-state index is 11.9. The molecule has 0 aliphatic carbocycles. The summed E-state index contributed by atoms with van der Waals surface area (Å²) >= 11 is 11.9. The number of hydrogen-bond acceptors (Lipinski definition) is 3. The summed E-state index contributed by atoms with van der Waals surface area (Å²) < 4.78 is 5.45. The summed E-state index contributed by atoms with van der Waals surface area (Å²) in [5, 5.41) is 3.28. The maximum atomic E-state index is 11.9. The molecule has 2 aromatic rings. The topological polar surface area (TPSA) is 64.3 Å². The normalized spacial score (nSPS) is 10.2. The Labute approximate surface area is 132 Å². The molecule has 0 aromatic heterocycles. The first-order valence-electron chi connectivity index (χ1n) is 6.20. The molecular formula is C15H14Cl2N2O2. The Hall–Kier alpha value is -1.91. The maximum Gasteiger partial charge on any atom is 0.262 e. The van der Waals surface area contributed by atoms with Gasteiger partial charge < -0.3 is 15.8 Å². The highest BCUT2D eigenvalue weighted by Crippen LogP contribution is 2.30. The molecule has 0 unspecified atom stereocenters. The Morgan fingerprint density at radius 1 is 1.24 bits per heavy atom. The number of anilines is 2. The lowest BCUT2D eigenvalue weighted by molar-refractivity contribution is -0.118. The number of amides is 1. The van der Waals surface area contributed by atoms with E-state index in [4.69, 9.17) is 33.7 Å². The highest BCUT2D eigenvalue weighted by Gasteiger charge is 2.10. The molecule has 1 amide bonds. The third kappa shape index (κ3) is 4.03. The lowest BCUT2D eigenvalue weighted by Gasteiger charge is -2.11. The molecule has 0 fully saturated rings. The zero-order chi connectivity index (χ0) is 15.4. The van der Waals surface area contributed by atoms with E-state index in [1.807, 2.05) is 25.1 Å². The van der Waals surface area contributed by atoms with Crippen LogP contribution in [-0.2, 0) is 4.79 Å². The summed E-state index contributed by atoms with van der Waals surface area (Å²) in [4.78, 5) is 11.9. The molecule has 0 bridgehead atoms. The van der Waals surface area contributed by atoms with E-state index in [1.165, 1.54) is 12.1 Å². The third-order valence-electron chi connectivity index (χ3n) is 2.81. The molecule has 0 radical (unpaired) electrons. The van der Waals surface area contributed by atoms with Crippen LogP contribution in [-0.4, -0.2) is 12.5 Å². The van der Waals surface area contributed by atoms with E-state index in [-0.39, 0.29) is 12.5 Å². The number of nitrogens with two attached hydrogens (primary N) is 1. The zero-order valence-corrected chi connectivity index (χ0v) is 12.8. The van der Waals surface area contributed by atoms with Crippen molar-refractivity contribution in [2.24, 2.45) is 0 Å². The van der Waals surface area contributed by atoms with Crippen LogP contribution in [0.2, 0.25) is 10.0 Å². The Morgan fingerprint density at radius 2 is 1.95 bits per heavy atom. The van der Waals surface area contributed by atoms with E-state index < -0.39 is 0 Å². The van der Waals surface area contributed by atoms with E-state index in [2.05, 4.69) is 5.32 Å². The number of aryl methyl sites for hydroxylation is 1. The third-order valence-corrected chi connectivity index (χ3v) is 3.45. The monoisotopic (exact) mass is 324 g/mol. The predicted octanol–water partition coefficient (Wildman–Crippen LogP) is 3.90. The van der Waals surface area contributed by atoms with Crippen LogP contribution in [0.5, 0.6) is 5.75 Å². The molecule has 4 nitrogen and oxygen atoms in total. The first-order chi connectivity index (χ1) is 9.97. The van der Waals surface area contributed by atoms with Gasteiger partial charge in [0.15, 0.2) is 6.61 Å². The van der Waals surface area contributed by atoms with Crippen molar-refractivity contribution in [2.45, 2.75) is 6.92 Å². The van der Waals surface area contributed by atoms with Gasteiger partial charge in [0.25, 0.3) is 5.91 Å². The predicted molar refractivity (Wildman–Crippen MR) is 86.2 cm³/mol. The van der Waals surface area contributed by atoms with Crippen molar-refractivity contribution >= 4 is 40.5 Å². The summed E-state index contributed by atoms with van der Waals surface area (Å²) in [6.45, 7) is 1.78. The standard InChI is InChI=1S/C15H14Cl2N2O2/c1-9-4-2-3-5-14(9)21-8-15(20)19-13-7-10(16)12(18)6-11(13)17/h2-7H,8,18H2,1H3,(H,19,20). The van der Waals surface area contributed by atoms with Crippen molar-refractivity contribution in [1.29, 1.82) is 0 Å². The largest absolute Gasteiger partial charge is 0.483 e. The van der Waals surface area contributed by atoms with E-state index in [0.717, 1.165) is 5.56 Å². The lowest BCUT2D eigenvalue weighted by atomic mass is 10.2. The molecule has 0 saturated carbocycles. The van der Waals surface area contributed by atoms with Gasteiger partial charge in [-0.1, -0.05) is 41.4 Å². The number of hydrogen-bond donors (Lipinski definition) is 2. The fraction of sp³-hybridized carbons (Fsp3) is 0.133. The Kier molecular flexibility index (Phi) is 4.94. The van der Waals surface area contributed by atoms with Crippen molar-refractivity contribution in [3.05, 3.63) is 52.0 Å². The highest BCUT2D eigenvalue weighted by atomic mass is 35.5. The van der Waals surface area contributed by atoms with Gasteiger partial charge in [-0.25, -0.2) is 0 Å². The van der Waals surface area contributed by atoms with Gasteiger partial charge in [-0.15, -0.1) is 0 Å². The summed E-state index contributed by atoms with van der Waals surface area (Å²) in [5.41, 5.74) is 7.33. The number of ether oxygens (including phenoxy) is 1. The number of para-hydroxylation sites is 1. The summed E-state index contributed by atoms with van der Waals surface area (Å²) in [6.07, 6.45) is 0. The van der Waals surface area contributed by atoms with E-state index in [9.17, 15) is 4.79 Å². The lowest BCUT2D eigenvalue weighted by Crippen LogP contribution is -2.20. The molecule has 6 heteroatoms. The van der Waals surface area contributed by atoms with Crippen LogP contribution in [0.1, 0.15) is 5.56 Å².